The third-order valence-corrected chi connectivity index (χ3v) is 7.68. The molecule has 0 spiro atoms. The molecule has 0 bridgehead atoms. The SMILES string of the molecule is CC(C)CC(=O)N1CCCCCCCN(C(=O)CCc2nc3ccccc3s2)Cc2ccccc21. The largest absolute Gasteiger partial charge is 0.338 e. The number of para-hydroxylation sites is 2. The number of carbonyl (C=O) groups excluding carboxylic acids is 2. The molecule has 1 aliphatic rings. The summed E-state index contributed by atoms with van der Waals surface area (Å²) in [7, 11) is 0. The first-order chi connectivity index (χ1) is 17.0. The zero-order valence-corrected chi connectivity index (χ0v) is 21.9. The summed E-state index contributed by atoms with van der Waals surface area (Å²) in [5, 5.41) is 1.01. The fourth-order valence-electron chi connectivity index (χ4n) is 4.75. The number of aromatic nitrogens is 1. The van der Waals surface area contributed by atoms with Gasteiger partial charge in [0.15, 0.2) is 0 Å². The van der Waals surface area contributed by atoms with Crippen molar-refractivity contribution in [3.8, 4) is 0 Å². The van der Waals surface area contributed by atoms with Crippen LogP contribution in [0.5, 0.6) is 0 Å². The Morgan fingerprint density at radius 3 is 2.43 bits per heavy atom. The summed E-state index contributed by atoms with van der Waals surface area (Å²) in [6.07, 6.45) is 7.06. The number of amides is 2. The van der Waals surface area contributed by atoms with Crippen molar-refractivity contribution in [3.05, 3.63) is 59.1 Å². The van der Waals surface area contributed by atoms with Gasteiger partial charge in [0.2, 0.25) is 11.8 Å². The zero-order valence-electron chi connectivity index (χ0n) is 21.0. The van der Waals surface area contributed by atoms with Gasteiger partial charge in [0.25, 0.3) is 0 Å². The maximum atomic E-state index is 13.4. The fourth-order valence-corrected chi connectivity index (χ4v) is 5.71. The number of carbonyl (C=O) groups is 2. The van der Waals surface area contributed by atoms with Gasteiger partial charge in [-0.15, -0.1) is 11.3 Å². The molecular formula is C29H37N3O2S. The Hall–Kier alpha value is -2.73. The van der Waals surface area contributed by atoms with Gasteiger partial charge in [0, 0.05) is 44.6 Å². The molecule has 0 radical (unpaired) electrons. The summed E-state index contributed by atoms with van der Waals surface area (Å²) >= 11 is 1.68. The quantitative estimate of drug-likeness (QED) is 0.404. The van der Waals surface area contributed by atoms with Gasteiger partial charge in [-0.05, 0) is 42.5 Å². The molecule has 1 aromatic heterocycles. The first kappa shape index (κ1) is 25.4. The minimum Gasteiger partial charge on any atom is -0.338 e. The second-order valence-corrected chi connectivity index (χ2v) is 11.0. The minimum atomic E-state index is 0.163. The van der Waals surface area contributed by atoms with E-state index in [-0.39, 0.29) is 11.8 Å². The third-order valence-electron chi connectivity index (χ3n) is 6.58. The van der Waals surface area contributed by atoms with Crippen LogP contribution in [0.25, 0.3) is 10.2 Å². The van der Waals surface area contributed by atoms with Crippen molar-refractivity contribution in [1.82, 2.24) is 9.88 Å². The highest BCUT2D eigenvalue weighted by Gasteiger charge is 2.22. The van der Waals surface area contributed by atoms with Crippen molar-refractivity contribution in [3.63, 3.8) is 0 Å². The molecule has 6 heteroatoms. The molecule has 0 atom stereocenters. The lowest BCUT2D eigenvalue weighted by atomic mass is 10.0. The standard InChI is InChI=1S/C29H37N3O2S/c1-22(2)20-29(34)32-19-11-5-3-4-10-18-31(21-23-12-6-8-14-25(23)32)28(33)17-16-27-30-24-13-7-9-15-26(24)35-27/h6-9,12-15,22H,3-5,10-11,16-21H2,1-2H3. The van der Waals surface area contributed by atoms with E-state index in [2.05, 4.69) is 26.0 Å². The molecule has 0 N–H and O–H groups in total. The molecule has 186 valence electrons. The van der Waals surface area contributed by atoms with Crippen LogP contribution in [0.15, 0.2) is 48.5 Å². The minimum absolute atomic E-state index is 0.163. The third kappa shape index (κ3) is 6.91. The average molecular weight is 492 g/mol. The van der Waals surface area contributed by atoms with E-state index >= 15 is 0 Å². The number of hydrogen-bond donors (Lipinski definition) is 0. The summed E-state index contributed by atoms with van der Waals surface area (Å²) in [5.74, 6) is 0.658. The highest BCUT2D eigenvalue weighted by Crippen LogP contribution is 2.27. The van der Waals surface area contributed by atoms with Gasteiger partial charge >= 0.3 is 0 Å². The first-order valence-corrected chi connectivity index (χ1v) is 13.8. The normalized spacial score (nSPS) is 15.5. The molecule has 2 aromatic carbocycles. The molecule has 3 aromatic rings. The lowest BCUT2D eigenvalue weighted by Crippen LogP contribution is -2.36. The smallest absolute Gasteiger partial charge is 0.227 e. The molecule has 4 rings (SSSR count). The van der Waals surface area contributed by atoms with Crippen LogP contribution < -0.4 is 4.90 Å². The maximum absolute atomic E-state index is 13.4. The van der Waals surface area contributed by atoms with Crippen LogP contribution in [-0.4, -0.2) is 34.8 Å². The summed E-state index contributed by atoms with van der Waals surface area (Å²) < 4.78 is 1.17. The van der Waals surface area contributed by atoms with Crippen LogP contribution in [-0.2, 0) is 22.6 Å². The number of anilines is 1. The van der Waals surface area contributed by atoms with Gasteiger partial charge in [0.1, 0.15) is 0 Å². The second kappa shape index (κ2) is 12.3. The molecule has 0 unspecified atom stereocenters. The van der Waals surface area contributed by atoms with Crippen LogP contribution in [0.4, 0.5) is 5.69 Å². The number of aryl methyl sites for hydroxylation is 1. The summed E-state index contributed by atoms with van der Waals surface area (Å²) in [5.41, 5.74) is 3.02. The number of benzene rings is 2. The topological polar surface area (TPSA) is 53.5 Å². The van der Waals surface area contributed by atoms with Crippen molar-refractivity contribution < 1.29 is 9.59 Å². The van der Waals surface area contributed by atoms with E-state index in [0.29, 0.717) is 31.7 Å². The van der Waals surface area contributed by atoms with Crippen LogP contribution in [0.2, 0.25) is 0 Å². The Morgan fingerprint density at radius 2 is 1.63 bits per heavy atom. The molecule has 5 nitrogen and oxygen atoms in total. The lowest BCUT2D eigenvalue weighted by Gasteiger charge is -2.30. The predicted octanol–water partition coefficient (Wildman–Crippen LogP) is 6.60. The number of hydrogen-bond acceptors (Lipinski definition) is 4. The van der Waals surface area contributed by atoms with E-state index in [4.69, 9.17) is 4.98 Å². The molecule has 2 heterocycles. The van der Waals surface area contributed by atoms with Crippen molar-refractivity contribution in [2.24, 2.45) is 5.92 Å². The number of rotatable bonds is 5. The average Bonchev–Trinajstić information content (AvgIpc) is 3.25. The molecule has 0 saturated heterocycles. The fraction of sp³-hybridized carbons (Fsp3) is 0.483. The van der Waals surface area contributed by atoms with E-state index in [1.54, 1.807) is 11.3 Å². The van der Waals surface area contributed by atoms with Crippen LogP contribution >= 0.6 is 11.3 Å². The van der Waals surface area contributed by atoms with Crippen molar-refractivity contribution >= 4 is 39.1 Å². The van der Waals surface area contributed by atoms with Crippen molar-refractivity contribution in [2.75, 3.05) is 18.0 Å². The Labute approximate surface area is 213 Å². The van der Waals surface area contributed by atoms with Gasteiger partial charge in [-0.2, -0.15) is 0 Å². The van der Waals surface area contributed by atoms with Crippen LogP contribution in [0.1, 0.15) is 69.4 Å². The van der Waals surface area contributed by atoms with E-state index in [1.165, 1.54) is 4.70 Å². The van der Waals surface area contributed by atoms with E-state index in [9.17, 15) is 9.59 Å². The van der Waals surface area contributed by atoms with Crippen molar-refractivity contribution in [2.45, 2.75) is 71.8 Å². The van der Waals surface area contributed by atoms with E-state index < -0.39 is 0 Å². The van der Waals surface area contributed by atoms with Gasteiger partial charge < -0.3 is 9.80 Å². The Balaban J connectivity index is 1.52. The van der Waals surface area contributed by atoms with E-state index in [0.717, 1.165) is 67.0 Å². The molecular weight excluding hydrogens is 454 g/mol. The van der Waals surface area contributed by atoms with Gasteiger partial charge in [-0.1, -0.05) is 63.4 Å². The molecule has 0 fully saturated rings. The molecule has 35 heavy (non-hydrogen) atoms. The molecule has 2 amide bonds. The van der Waals surface area contributed by atoms with Gasteiger partial charge in [-0.25, -0.2) is 4.98 Å². The lowest BCUT2D eigenvalue weighted by molar-refractivity contribution is -0.131. The molecule has 0 saturated carbocycles. The van der Waals surface area contributed by atoms with Crippen molar-refractivity contribution in [1.29, 1.82) is 0 Å². The van der Waals surface area contributed by atoms with Gasteiger partial charge in [0.05, 0.1) is 15.2 Å². The maximum Gasteiger partial charge on any atom is 0.227 e. The number of fused-ring (bicyclic) bond motifs is 2. The Kier molecular flexibility index (Phi) is 8.91. The van der Waals surface area contributed by atoms with Crippen LogP contribution in [0.3, 0.4) is 0 Å². The number of thiazole rings is 1. The predicted molar refractivity (Wildman–Crippen MR) is 145 cm³/mol. The monoisotopic (exact) mass is 491 g/mol. The van der Waals surface area contributed by atoms with Crippen LogP contribution in [0, 0.1) is 5.92 Å². The summed E-state index contributed by atoms with van der Waals surface area (Å²) in [4.78, 5) is 35.3. The molecule has 1 aliphatic heterocycles. The van der Waals surface area contributed by atoms with E-state index in [1.807, 2.05) is 46.2 Å². The highest BCUT2D eigenvalue weighted by molar-refractivity contribution is 7.18. The second-order valence-electron chi connectivity index (χ2n) is 9.93. The Morgan fingerprint density at radius 1 is 0.914 bits per heavy atom. The zero-order chi connectivity index (χ0) is 24.6. The Bertz CT molecular complexity index is 1110. The van der Waals surface area contributed by atoms with Gasteiger partial charge in [-0.3, -0.25) is 9.59 Å². The summed E-state index contributed by atoms with van der Waals surface area (Å²) in [6, 6.07) is 16.3. The first-order valence-electron chi connectivity index (χ1n) is 13.0. The summed E-state index contributed by atoms with van der Waals surface area (Å²) in [6.45, 7) is 6.22. The molecule has 0 aliphatic carbocycles. The highest BCUT2D eigenvalue weighted by atomic mass is 32.1. The number of nitrogens with zero attached hydrogens (tertiary/aromatic N) is 3.